The van der Waals surface area contributed by atoms with Crippen LogP contribution in [-0.2, 0) is 6.54 Å². The zero-order chi connectivity index (χ0) is 22.8. The summed E-state index contributed by atoms with van der Waals surface area (Å²) in [6.07, 6.45) is 3.85. The summed E-state index contributed by atoms with van der Waals surface area (Å²) >= 11 is 0. The zero-order valence-electron chi connectivity index (χ0n) is 17.7. The number of allylic oxidation sites excluding steroid dienone is 1. The lowest BCUT2D eigenvalue weighted by Gasteiger charge is -2.09. The number of para-hydroxylation sites is 1. The van der Waals surface area contributed by atoms with Gasteiger partial charge in [0.2, 0.25) is 0 Å². The molecule has 0 amide bonds. The molecule has 0 bridgehead atoms. The third-order valence-electron chi connectivity index (χ3n) is 5.83. The number of nitriles is 1. The van der Waals surface area contributed by atoms with Gasteiger partial charge in [-0.05, 0) is 34.0 Å². The van der Waals surface area contributed by atoms with Gasteiger partial charge < -0.3 is 4.57 Å². The van der Waals surface area contributed by atoms with Crippen molar-refractivity contribution in [2.24, 2.45) is 0 Å². The first-order valence-corrected chi connectivity index (χ1v) is 10.6. The second-order valence-electron chi connectivity index (χ2n) is 7.85. The molecule has 0 aliphatic rings. The van der Waals surface area contributed by atoms with Crippen molar-refractivity contribution in [3.8, 4) is 6.07 Å². The van der Waals surface area contributed by atoms with Gasteiger partial charge in [0.1, 0.15) is 0 Å². The number of nitro benzene ring substituents is 1. The lowest BCUT2D eigenvalue weighted by Crippen LogP contribution is -1.98. The van der Waals surface area contributed by atoms with Gasteiger partial charge in [-0.2, -0.15) is 5.26 Å². The molecule has 0 fully saturated rings. The van der Waals surface area contributed by atoms with Crippen molar-refractivity contribution >= 4 is 39.0 Å². The second kappa shape index (κ2) is 8.45. The number of aromatic nitrogens is 1. The van der Waals surface area contributed by atoms with E-state index in [1.807, 2.05) is 36.5 Å². The molecule has 0 radical (unpaired) electrons. The van der Waals surface area contributed by atoms with E-state index in [4.69, 9.17) is 0 Å². The summed E-state index contributed by atoms with van der Waals surface area (Å²) in [7, 11) is 0. The minimum atomic E-state index is -0.450. The van der Waals surface area contributed by atoms with E-state index in [0.717, 1.165) is 16.5 Å². The number of hydrogen-bond donors (Lipinski definition) is 0. The van der Waals surface area contributed by atoms with Crippen LogP contribution in [0.5, 0.6) is 0 Å². The van der Waals surface area contributed by atoms with E-state index in [1.165, 1.54) is 28.5 Å². The number of nitrogens with zero attached hydrogens (tertiary/aromatic N) is 3. The lowest BCUT2D eigenvalue weighted by atomic mass is 10.0. The largest absolute Gasteiger partial charge is 0.342 e. The molecule has 0 saturated heterocycles. The fraction of sp³-hybridized carbons (Fsp3) is 0.0357. The first-order chi connectivity index (χ1) is 16.1. The van der Waals surface area contributed by atoms with Crippen LogP contribution in [0.2, 0.25) is 0 Å². The van der Waals surface area contributed by atoms with E-state index < -0.39 is 4.92 Å². The van der Waals surface area contributed by atoms with E-state index in [0.29, 0.717) is 17.7 Å². The van der Waals surface area contributed by atoms with E-state index in [2.05, 4.69) is 47.0 Å². The van der Waals surface area contributed by atoms with E-state index >= 15 is 0 Å². The Bertz CT molecular complexity index is 1580. The van der Waals surface area contributed by atoms with Gasteiger partial charge in [0.25, 0.3) is 5.69 Å². The summed E-state index contributed by atoms with van der Waals surface area (Å²) in [4.78, 5) is 10.7. The fourth-order valence-corrected chi connectivity index (χ4v) is 4.26. The number of nitro groups is 1. The van der Waals surface area contributed by atoms with Crippen LogP contribution in [0.4, 0.5) is 5.69 Å². The van der Waals surface area contributed by atoms with Crippen LogP contribution in [0, 0.1) is 21.4 Å². The molecule has 4 aromatic carbocycles. The quantitative estimate of drug-likeness (QED) is 0.175. The molecule has 5 aromatic rings. The van der Waals surface area contributed by atoms with Crippen molar-refractivity contribution in [1.82, 2.24) is 4.57 Å². The van der Waals surface area contributed by atoms with Crippen LogP contribution in [0.25, 0.3) is 33.3 Å². The van der Waals surface area contributed by atoms with Gasteiger partial charge >= 0.3 is 0 Å². The number of rotatable bonds is 5. The van der Waals surface area contributed by atoms with Crippen LogP contribution >= 0.6 is 0 Å². The van der Waals surface area contributed by atoms with Gasteiger partial charge in [-0.25, -0.2) is 0 Å². The zero-order valence-corrected chi connectivity index (χ0v) is 17.7. The molecule has 5 rings (SSSR count). The topological polar surface area (TPSA) is 71.9 Å². The average Bonchev–Trinajstić information content (AvgIpc) is 3.20. The Labute approximate surface area is 190 Å². The number of benzene rings is 4. The Morgan fingerprint density at radius 3 is 2.48 bits per heavy atom. The van der Waals surface area contributed by atoms with E-state index in [1.54, 1.807) is 18.2 Å². The van der Waals surface area contributed by atoms with Gasteiger partial charge in [-0.1, -0.05) is 72.8 Å². The highest BCUT2D eigenvalue weighted by atomic mass is 16.6. The molecule has 0 aliphatic carbocycles. The first-order valence-electron chi connectivity index (χ1n) is 10.6. The molecule has 0 aliphatic heterocycles. The predicted molar refractivity (Wildman–Crippen MR) is 132 cm³/mol. The minimum absolute atomic E-state index is 0.0352. The number of fused-ring (bicyclic) bond motifs is 2. The molecule has 0 atom stereocenters. The molecule has 1 aromatic heterocycles. The van der Waals surface area contributed by atoms with Crippen molar-refractivity contribution < 1.29 is 4.92 Å². The molecule has 1 heterocycles. The summed E-state index contributed by atoms with van der Waals surface area (Å²) < 4.78 is 2.19. The maximum absolute atomic E-state index is 11.2. The monoisotopic (exact) mass is 429 g/mol. The van der Waals surface area contributed by atoms with E-state index in [-0.39, 0.29) is 5.69 Å². The SMILES string of the molecule is N#C/C(=C/c1cn(Cc2cccc3ccccc23)c2ccccc12)c1cccc([N+](=O)[O-])c1. The maximum Gasteiger partial charge on any atom is 0.270 e. The lowest BCUT2D eigenvalue weighted by molar-refractivity contribution is -0.384. The van der Waals surface area contributed by atoms with Crippen LogP contribution in [0.1, 0.15) is 16.7 Å². The van der Waals surface area contributed by atoms with E-state index in [9.17, 15) is 15.4 Å². The molecular weight excluding hydrogens is 410 g/mol. The standard InChI is InChI=1S/C28H19N3O2/c29-17-23(21-9-6-11-25(16-21)31(32)33)15-24-19-30(28-14-4-3-13-27(24)28)18-22-10-5-8-20-7-1-2-12-26(20)22/h1-16,19H,18H2/b23-15-. The number of hydrogen-bond acceptors (Lipinski definition) is 3. The molecule has 0 spiro atoms. The van der Waals surface area contributed by atoms with Gasteiger partial charge in [0.05, 0.1) is 16.6 Å². The highest BCUT2D eigenvalue weighted by Crippen LogP contribution is 2.29. The first kappa shape index (κ1) is 20.2. The molecule has 158 valence electrons. The molecule has 33 heavy (non-hydrogen) atoms. The van der Waals surface area contributed by atoms with Crippen molar-refractivity contribution in [2.45, 2.75) is 6.54 Å². The molecule has 0 N–H and O–H groups in total. The fourth-order valence-electron chi connectivity index (χ4n) is 4.26. The third-order valence-corrected chi connectivity index (χ3v) is 5.83. The molecular formula is C28H19N3O2. The van der Waals surface area contributed by atoms with Gasteiger partial charge in [0.15, 0.2) is 0 Å². The minimum Gasteiger partial charge on any atom is -0.342 e. The third kappa shape index (κ3) is 3.86. The molecule has 5 heteroatoms. The Morgan fingerprint density at radius 1 is 0.939 bits per heavy atom. The summed E-state index contributed by atoms with van der Waals surface area (Å²) in [6.45, 7) is 0.689. The highest BCUT2D eigenvalue weighted by molar-refractivity contribution is 5.98. The van der Waals surface area contributed by atoms with Crippen LogP contribution in [-0.4, -0.2) is 9.49 Å². The summed E-state index contributed by atoms with van der Waals surface area (Å²) in [6, 6.07) is 31.1. The van der Waals surface area contributed by atoms with Gasteiger partial charge in [0, 0.05) is 41.3 Å². The predicted octanol–water partition coefficient (Wildman–Crippen LogP) is 6.82. The van der Waals surface area contributed by atoms with Crippen molar-refractivity contribution in [3.05, 3.63) is 124 Å². The second-order valence-corrected chi connectivity index (χ2v) is 7.85. The van der Waals surface area contributed by atoms with Crippen molar-refractivity contribution in [2.75, 3.05) is 0 Å². The summed E-state index contributed by atoms with van der Waals surface area (Å²) in [5.74, 6) is 0. The smallest absolute Gasteiger partial charge is 0.270 e. The van der Waals surface area contributed by atoms with Crippen LogP contribution in [0.3, 0.4) is 0 Å². The normalized spacial score (nSPS) is 11.5. The van der Waals surface area contributed by atoms with Crippen molar-refractivity contribution in [3.63, 3.8) is 0 Å². The average molecular weight is 429 g/mol. The van der Waals surface area contributed by atoms with Gasteiger partial charge in [-0.15, -0.1) is 0 Å². The highest BCUT2D eigenvalue weighted by Gasteiger charge is 2.12. The number of non-ortho nitro benzene ring substituents is 1. The van der Waals surface area contributed by atoms with Crippen LogP contribution in [0.15, 0.2) is 97.2 Å². The summed E-state index contributed by atoms with van der Waals surface area (Å²) in [5.41, 5.74) is 4.04. The Morgan fingerprint density at radius 2 is 1.67 bits per heavy atom. The molecule has 0 unspecified atom stereocenters. The van der Waals surface area contributed by atoms with Crippen molar-refractivity contribution in [1.29, 1.82) is 5.26 Å². The maximum atomic E-state index is 11.2. The molecule has 5 nitrogen and oxygen atoms in total. The Balaban J connectivity index is 1.61. The summed E-state index contributed by atoms with van der Waals surface area (Å²) in [5, 5.41) is 24.4. The molecule has 0 saturated carbocycles. The van der Waals surface area contributed by atoms with Gasteiger partial charge in [-0.3, -0.25) is 10.1 Å². The Kier molecular flexibility index (Phi) is 5.18. The Hall–Kier alpha value is -4.69. The van der Waals surface area contributed by atoms with Crippen LogP contribution < -0.4 is 0 Å².